The highest BCUT2D eigenvalue weighted by Crippen LogP contribution is 2.41. The Morgan fingerprint density at radius 1 is 1.13 bits per heavy atom. The number of rotatable bonds is 17. The second kappa shape index (κ2) is 14.3. The number of carboxylic acids is 1. The van der Waals surface area contributed by atoms with Gasteiger partial charge in [0.25, 0.3) is 11.8 Å². The lowest BCUT2D eigenvalue weighted by molar-refractivity contribution is -0.148. The van der Waals surface area contributed by atoms with Crippen LogP contribution in [-0.4, -0.2) is 88.9 Å². The van der Waals surface area contributed by atoms with Gasteiger partial charge in [-0.2, -0.15) is 0 Å². The molecule has 13 heteroatoms. The molecule has 1 aromatic heterocycles. The van der Waals surface area contributed by atoms with Gasteiger partial charge in [-0.1, -0.05) is 33.7 Å². The van der Waals surface area contributed by atoms with E-state index in [1.165, 1.54) is 31.0 Å². The summed E-state index contributed by atoms with van der Waals surface area (Å²) in [6, 6.07) is -0.830. The molecular weight excluding hydrogens is 542 g/mol. The van der Waals surface area contributed by atoms with Gasteiger partial charge in [0.05, 0.1) is 18.3 Å². The van der Waals surface area contributed by atoms with Crippen LogP contribution < -0.4 is 0 Å². The molecule has 0 fully saturated rings. The minimum atomic E-state index is -1.01. The lowest BCUT2D eigenvalue weighted by Crippen LogP contribution is -2.40. The molecule has 0 saturated heterocycles. The number of imide groups is 1. The van der Waals surface area contributed by atoms with Gasteiger partial charge in [0.2, 0.25) is 5.91 Å². The number of aryl methyl sites for hydroxylation is 1. The highest BCUT2D eigenvalue weighted by atomic mass is 33.1. The van der Waals surface area contributed by atoms with Crippen molar-refractivity contribution in [3.05, 3.63) is 24.0 Å². The Bertz CT molecular complexity index is 1040. The van der Waals surface area contributed by atoms with E-state index in [1.54, 1.807) is 32.5 Å². The number of amides is 3. The van der Waals surface area contributed by atoms with Crippen LogP contribution in [0.25, 0.3) is 0 Å². The van der Waals surface area contributed by atoms with Crippen molar-refractivity contribution in [3.8, 4) is 0 Å². The molecule has 3 amide bonds. The molecule has 0 spiro atoms. The van der Waals surface area contributed by atoms with Gasteiger partial charge in [0, 0.05) is 48.8 Å². The van der Waals surface area contributed by atoms with Crippen LogP contribution in [0.4, 0.5) is 0 Å². The summed E-state index contributed by atoms with van der Waals surface area (Å²) in [6.45, 7) is 13.3. The number of aliphatic carboxylic acids is 1. The second-order valence-electron chi connectivity index (χ2n) is 11.0. The third-order valence-corrected chi connectivity index (χ3v) is 10.4. The first kappa shape index (κ1) is 32.8. The number of carbonyl (C=O) groups excluding carboxylic acids is 3. The normalized spacial score (nSPS) is 15.6. The fourth-order valence-corrected chi connectivity index (χ4v) is 6.10. The van der Waals surface area contributed by atoms with Crippen LogP contribution in [-0.2, 0) is 37.0 Å². The third-order valence-electron chi connectivity index (χ3n) is 6.48. The van der Waals surface area contributed by atoms with Gasteiger partial charge in [-0.15, -0.1) is 5.10 Å². The van der Waals surface area contributed by atoms with E-state index in [0.717, 1.165) is 11.3 Å². The number of likely N-dealkylation sites (N-methyl/N-ethyl adjacent to an activating group) is 1. The van der Waals surface area contributed by atoms with Crippen LogP contribution in [0.5, 0.6) is 0 Å². The first-order chi connectivity index (χ1) is 18.1. The topological polar surface area (TPSA) is 135 Å². The highest BCUT2D eigenvalue weighted by Gasteiger charge is 2.27. The summed E-state index contributed by atoms with van der Waals surface area (Å²) in [5.74, 6) is -1.85. The predicted molar refractivity (Wildman–Crippen MR) is 152 cm³/mol. The van der Waals surface area contributed by atoms with Crippen LogP contribution in [0, 0.1) is 0 Å². The number of nitrogens with zero attached hydrogens (tertiary/aromatic N) is 5. The maximum atomic E-state index is 12.3. The van der Waals surface area contributed by atoms with Crippen LogP contribution in [0.3, 0.4) is 0 Å². The molecule has 0 aliphatic carbocycles. The zero-order chi connectivity index (χ0) is 29.4. The van der Waals surface area contributed by atoms with E-state index in [0.29, 0.717) is 38.1 Å². The smallest absolute Gasteiger partial charge is 0.326 e. The summed E-state index contributed by atoms with van der Waals surface area (Å²) in [4.78, 5) is 49.2. The van der Waals surface area contributed by atoms with E-state index in [2.05, 4.69) is 31.1 Å². The minimum absolute atomic E-state index is 0.0340. The first-order valence-electron chi connectivity index (χ1n) is 13.0. The number of hydrogen-bond donors (Lipinski definition) is 1. The third kappa shape index (κ3) is 11.0. The summed E-state index contributed by atoms with van der Waals surface area (Å²) in [7, 11) is 5.04. The molecule has 1 N–H and O–H groups in total. The molecule has 2 atom stereocenters. The van der Waals surface area contributed by atoms with Gasteiger partial charge in [0.1, 0.15) is 11.7 Å². The van der Waals surface area contributed by atoms with Crippen molar-refractivity contribution in [2.24, 2.45) is 0 Å². The summed E-state index contributed by atoms with van der Waals surface area (Å²) >= 11 is 0. The second-order valence-corrected chi connectivity index (χ2v) is 14.3. The Hall–Kier alpha value is -2.38. The van der Waals surface area contributed by atoms with Gasteiger partial charge in [-0.25, -0.2) is 4.79 Å². The van der Waals surface area contributed by atoms with Gasteiger partial charge in [-0.05, 0) is 53.9 Å². The largest absolute Gasteiger partial charge is 0.480 e. The zero-order valence-corrected chi connectivity index (χ0v) is 25.5. The molecule has 1 aliphatic rings. The number of carbonyl (C=O) groups is 4. The first-order valence-corrected chi connectivity index (χ1v) is 15.2. The van der Waals surface area contributed by atoms with E-state index in [-0.39, 0.29) is 39.9 Å². The van der Waals surface area contributed by atoms with Crippen LogP contribution >= 0.6 is 21.6 Å². The summed E-state index contributed by atoms with van der Waals surface area (Å²) in [6.07, 6.45) is 6.80. The van der Waals surface area contributed by atoms with Gasteiger partial charge in [0.15, 0.2) is 0 Å². The van der Waals surface area contributed by atoms with E-state index in [9.17, 15) is 19.2 Å². The molecule has 11 nitrogen and oxygen atoms in total. The Morgan fingerprint density at radius 3 is 2.38 bits per heavy atom. The Labute approximate surface area is 238 Å². The molecule has 2 rings (SSSR count). The Kier molecular flexibility index (Phi) is 12.0. The van der Waals surface area contributed by atoms with E-state index in [4.69, 9.17) is 9.84 Å². The van der Waals surface area contributed by atoms with Crippen molar-refractivity contribution >= 4 is 45.3 Å². The fraction of sp³-hybridized carbons (Fsp3) is 0.692. The summed E-state index contributed by atoms with van der Waals surface area (Å²) in [5, 5.41) is 17.5. The molecular formula is C26H41N5O6S2. The van der Waals surface area contributed by atoms with Gasteiger partial charge < -0.3 is 14.7 Å². The van der Waals surface area contributed by atoms with Crippen molar-refractivity contribution in [1.82, 2.24) is 24.8 Å². The van der Waals surface area contributed by atoms with Crippen molar-refractivity contribution in [3.63, 3.8) is 0 Å². The fourth-order valence-electron chi connectivity index (χ4n) is 3.49. The molecule has 1 aromatic rings. The quantitative estimate of drug-likeness (QED) is 0.214. The van der Waals surface area contributed by atoms with Crippen molar-refractivity contribution < 1.29 is 29.0 Å². The lowest BCUT2D eigenvalue weighted by Gasteiger charge is -2.29. The summed E-state index contributed by atoms with van der Waals surface area (Å²) in [5.41, 5.74) is 0.174. The summed E-state index contributed by atoms with van der Waals surface area (Å²) < 4.78 is 7.86. The molecule has 2 heterocycles. The number of carboxylic acid groups (broad SMARTS) is 1. The molecule has 0 aromatic carbocycles. The average Bonchev–Trinajstić information content (AvgIpc) is 3.45. The van der Waals surface area contributed by atoms with Gasteiger partial charge in [-0.3, -0.25) is 24.0 Å². The predicted octanol–water partition coefficient (Wildman–Crippen LogP) is 3.54. The molecule has 1 aliphatic heterocycles. The van der Waals surface area contributed by atoms with Crippen LogP contribution in [0.15, 0.2) is 18.3 Å². The molecule has 0 radical (unpaired) electrons. The SMILES string of the molecule is CC(CCC(=O)N(C)[C@@H](C)C(=O)O)SSC(C)(C)CCOC(C)(C)CCn1cc(CN2C(=O)C=CC2=O)nn1. The van der Waals surface area contributed by atoms with Crippen LogP contribution in [0.1, 0.15) is 72.9 Å². The van der Waals surface area contributed by atoms with Crippen molar-refractivity contribution in [2.75, 3.05) is 13.7 Å². The molecule has 218 valence electrons. The molecule has 39 heavy (non-hydrogen) atoms. The van der Waals surface area contributed by atoms with E-state index >= 15 is 0 Å². The molecule has 0 saturated carbocycles. The van der Waals surface area contributed by atoms with Crippen LogP contribution in [0.2, 0.25) is 0 Å². The minimum Gasteiger partial charge on any atom is -0.480 e. The molecule has 1 unspecified atom stereocenters. The standard InChI is InChI=1S/C26H41N5O6S2/c1-18(8-9-21(32)29(7)19(2)24(35)36)38-39-26(5,6)13-15-37-25(3,4)12-14-30-16-20(27-28-30)17-31-22(33)10-11-23(31)34/h10-11,16,18-19H,8-9,12-15,17H2,1-7H3,(H,35,36)/t18?,19-/m0/s1. The van der Waals surface area contributed by atoms with Crippen molar-refractivity contribution in [2.45, 2.75) is 102 Å². The van der Waals surface area contributed by atoms with E-state index in [1.807, 2.05) is 13.8 Å². The number of ether oxygens (including phenoxy) is 1. The maximum Gasteiger partial charge on any atom is 0.326 e. The molecule has 0 bridgehead atoms. The van der Waals surface area contributed by atoms with Gasteiger partial charge >= 0.3 is 5.97 Å². The lowest BCUT2D eigenvalue weighted by atomic mass is 10.0. The monoisotopic (exact) mass is 583 g/mol. The Morgan fingerprint density at radius 2 is 1.77 bits per heavy atom. The van der Waals surface area contributed by atoms with Crippen molar-refractivity contribution in [1.29, 1.82) is 0 Å². The zero-order valence-electron chi connectivity index (χ0n) is 23.9. The number of hydrogen-bond acceptors (Lipinski definition) is 9. The number of aromatic nitrogens is 3. The maximum absolute atomic E-state index is 12.3. The van der Waals surface area contributed by atoms with E-state index < -0.39 is 12.0 Å². The Balaban J connectivity index is 1.68. The average molecular weight is 584 g/mol. The highest BCUT2D eigenvalue weighted by molar-refractivity contribution is 8.77.